The highest BCUT2D eigenvalue weighted by Gasteiger charge is 2.21. The first-order chi connectivity index (χ1) is 5.89. The minimum Gasteiger partial charge on any atom is -0.466 e. The molecule has 0 fully saturated rings. The molecular formula is C10H20O2Si. The SMILES string of the molecule is C=C(C)C(=O)OC[Si](C)(C)CCC. The summed E-state index contributed by atoms with van der Waals surface area (Å²) in [5.41, 5.74) is 0.487. The molecule has 0 atom stereocenters. The summed E-state index contributed by atoms with van der Waals surface area (Å²) < 4.78 is 5.14. The summed E-state index contributed by atoms with van der Waals surface area (Å²) >= 11 is 0. The van der Waals surface area contributed by atoms with Gasteiger partial charge in [-0.25, -0.2) is 4.79 Å². The number of carbonyl (C=O) groups excluding carboxylic acids is 1. The molecular weight excluding hydrogens is 180 g/mol. The number of esters is 1. The molecule has 13 heavy (non-hydrogen) atoms. The van der Waals surface area contributed by atoms with E-state index in [1.54, 1.807) is 6.92 Å². The Morgan fingerprint density at radius 3 is 2.38 bits per heavy atom. The number of ether oxygens (including phenoxy) is 1. The van der Waals surface area contributed by atoms with Crippen LogP contribution < -0.4 is 0 Å². The second-order valence-electron chi connectivity index (χ2n) is 4.27. The van der Waals surface area contributed by atoms with Crippen molar-refractivity contribution in [2.24, 2.45) is 0 Å². The van der Waals surface area contributed by atoms with Crippen molar-refractivity contribution in [1.82, 2.24) is 0 Å². The second-order valence-corrected chi connectivity index (χ2v) is 9.39. The predicted octanol–water partition coefficient (Wildman–Crippen LogP) is 2.76. The van der Waals surface area contributed by atoms with Crippen molar-refractivity contribution in [2.45, 2.75) is 39.4 Å². The predicted molar refractivity (Wildman–Crippen MR) is 58.4 cm³/mol. The van der Waals surface area contributed by atoms with Gasteiger partial charge < -0.3 is 4.74 Å². The standard InChI is InChI=1S/C10H20O2Si/c1-6-7-13(4,5)8-12-10(11)9(2)3/h2,6-8H2,1,3-5H3. The maximum atomic E-state index is 11.1. The van der Waals surface area contributed by atoms with Crippen LogP contribution in [0, 0.1) is 0 Å². The minimum atomic E-state index is -1.30. The molecule has 0 bridgehead atoms. The van der Waals surface area contributed by atoms with E-state index in [-0.39, 0.29) is 5.97 Å². The van der Waals surface area contributed by atoms with Crippen molar-refractivity contribution in [3.63, 3.8) is 0 Å². The monoisotopic (exact) mass is 200 g/mol. The average molecular weight is 200 g/mol. The molecule has 0 aromatic rings. The van der Waals surface area contributed by atoms with Gasteiger partial charge in [0.05, 0.1) is 14.3 Å². The Hall–Kier alpha value is -0.573. The Labute approximate surface area is 82.0 Å². The third-order valence-corrected chi connectivity index (χ3v) is 4.65. The molecule has 0 spiro atoms. The Bertz CT molecular complexity index is 197. The van der Waals surface area contributed by atoms with E-state index in [1.165, 1.54) is 12.5 Å². The van der Waals surface area contributed by atoms with E-state index in [9.17, 15) is 4.79 Å². The lowest BCUT2D eigenvalue weighted by Gasteiger charge is -2.20. The van der Waals surface area contributed by atoms with E-state index < -0.39 is 8.07 Å². The Kier molecular flexibility index (Phi) is 4.99. The van der Waals surface area contributed by atoms with E-state index >= 15 is 0 Å². The van der Waals surface area contributed by atoms with Crippen LogP contribution in [0.4, 0.5) is 0 Å². The number of rotatable bonds is 5. The number of hydrogen-bond donors (Lipinski definition) is 0. The summed E-state index contributed by atoms with van der Waals surface area (Å²) in [4.78, 5) is 11.1. The van der Waals surface area contributed by atoms with Gasteiger partial charge >= 0.3 is 5.97 Å². The van der Waals surface area contributed by atoms with Gasteiger partial charge in [0.2, 0.25) is 0 Å². The molecule has 0 aliphatic rings. The number of hydrogen-bond acceptors (Lipinski definition) is 2. The van der Waals surface area contributed by atoms with Crippen LogP contribution in [0.5, 0.6) is 0 Å². The van der Waals surface area contributed by atoms with Gasteiger partial charge in [0.15, 0.2) is 0 Å². The maximum Gasteiger partial charge on any atom is 0.332 e. The molecule has 0 radical (unpaired) electrons. The molecule has 0 saturated heterocycles. The van der Waals surface area contributed by atoms with Gasteiger partial charge in [-0.2, -0.15) is 0 Å². The van der Waals surface area contributed by atoms with Gasteiger partial charge in [-0.15, -0.1) is 0 Å². The van der Waals surface area contributed by atoms with E-state index in [2.05, 4.69) is 26.6 Å². The zero-order chi connectivity index (χ0) is 10.5. The molecule has 0 saturated carbocycles. The molecule has 2 nitrogen and oxygen atoms in total. The maximum absolute atomic E-state index is 11.1. The summed E-state index contributed by atoms with van der Waals surface area (Å²) in [5, 5.41) is 0. The highest BCUT2D eigenvalue weighted by molar-refractivity contribution is 6.77. The molecule has 0 aromatic carbocycles. The fraction of sp³-hybridized carbons (Fsp3) is 0.700. The third-order valence-electron chi connectivity index (χ3n) is 1.87. The van der Waals surface area contributed by atoms with E-state index in [1.807, 2.05) is 0 Å². The van der Waals surface area contributed by atoms with Crippen LogP contribution in [-0.4, -0.2) is 20.3 Å². The lowest BCUT2D eigenvalue weighted by molar-refractivity contribution is -0.137. The van der Waals surface area contributed by atoms with Crippen LogP contribution in [-0.2, 0) is 9.53 Å². The highest BCUT2D eigenvalue weighted by atomic mass is 28.3. The van der Waals surface area contributed by atoms with E-state index in [4.69, 9.17) is 4.74 Å². The van der Waals surface area contributed by atoms with Gasteiger partial charge in [0, 0.05) is 5.57 Å². The molecule has 0 amide bonds. The zero-order valence-corrected chi connectivity index (χ0v) is 10.1. The fourth-order valence-corrected chi connectivity index (χ4v) is 3.15. The largest absolute Gasteiger partial charge is 0.466 e. The van der Waals surface area contributed by atoms with Crippen LogP contribution >= 0.6 is 0 Å². The molecule has 0 aliphatic heterocycles. The molecule has 0 unspecified atom stereocenters. The van der Waals surface area contributed by atoms with E-state index in [0.29, 0.717) is 11.8 Å². The quantitative estimate of drug-likeness (QED) is 0.387. The molecule has 0 aromatic heterocycles. The minimum absolute atomic E-state index is 0.253. The summed E-state index contributed by atoms with van der Waals surface area (Å²) in [6, 6.07) is 1.20. The Morgan fingerprint density at radius 2 is 2.00 bits per heavy atom. The fourth-order valence-electron chi connectivity index (χ4n) is 1.13. The van der Waals surface area contributed by atoms with Crippen molar-refractivity contribution in [1.29, 1.82) is 0 Å². The van der Waals surface area contributed by atoms with Crippen LogP contribution in [0.1, 0.15) is 20.3 Å². The topological polar surface area (TPSA) is 26.3 Å². The smallest absolute Gasteiger partial charge is 0.332 e. The zero-order valence-electron chi connectivity index (χ0n) is 9.14. The highest BCUT2D eigenvalue weighted by Crippen LogP contribution is 2.12. The summed E-state index contributed by atoms with van der Waals surface area (Å²) in [6.45, 7) is 11.9. The van der Waals surface area contributed by atoms with Gasteiger partial charge in [0.1, 0.15) is 0 Å². The Morgan fingerprint density at radius 1 is 1.46 bits per heavy atom. The van der Waals surface area contributed by atoms with Crippen LogP contribution in [0.3, 0.4) is 0 Å². The lowest BCUT2D eigenvalue weighted by atomic mass is 10.4. The molecule has 0 rings (SSSR count). The second kappa shape index (κ2) is 5.22. The summed E-state index contributed by atoms with van der Waals surface area (Å²) in [6.07, 6.45) is 1.79. The molecule has 0 aliphatic carbocycles. The molecule has 76 valence electrons. The average Bonchev–Trinajstić information content (AvgIpc) is 2.00. The molecule has 0 N–H and O–H groups in total. The Balaban J connectivity index is 3.87. The first kappa shape index (κ1) is 12.4. The molecule has 0 heterocycles. The van der Waals surface area contributed by atoms with Crippen molar-refractivity contribution in [3.05, 3.63) is 12.2 Å². The van der Waals surface area contributed by atoms with Gasteiger partial charge in [-0.05, 0) is 6.92 Å². The first-order valence-electron chi connectivity index (χ1n) is 4.71. The third kappa shape index (κ3) is 5.63. The van der Waals surface area contributed by atoms with Gasteiger partial charge in [0.25, 0.3) is 0 Å². The van der Waals surface area contributed by atoms with Crippen molar-refractivity contribution >= 4 is 14.0 Å². The van der Waals surface area contributed by atoms with E-state index in [0.717, 1.165) is 0 Å². The van der Waals surface area contributed by atoms with Crippen molar-refractivity contribution in [3.8, 4) is 0 Å². The molecule has 3 heteroatoms. The van der Waals surface area contributed by atoms with Crippen LogP contribution in [0.15, 0.2) is 12.2 Å². The normalized spacial score (nSPS) is 11.1. The summed E-state index contributed by atoms with van der Waals surface area (Å²) in [5.74, 6) is -0.253. The number of carbonyl (C=O) groups is 1. The van der Waals surface area contributed by atoms with Crippen molar-refractivity contribution in [2.75, 3.05) is 6.23 Å². The van der Waals surface area contributed by atoms with Crippen LogP contribution in [0.2, 0.25) is 19.1 Å². The van der Waals surface area contributed by atoms with Gasteiger partial charge in [-0.1, -0.05) is 39.1 Å². The first-order valence-corrected chi connectivity index (χ1v) is 8.13. The lowest BCUT2D eigenvalue weighted by Crippen LogP contribution is -2.33. The van der Waals surface area contributed by atoms with Gasteiger partial charge in [-0.3, -0.25) is 0 Å². The van der Waals surface area contributed by atoms with Crippen LogP contribution in [0.25, 0.3) is 0 Å². The van der Waals surface area contributed by atoms with Crippen molar-refractivity contribution < 1.29 is 9.53 Å². The summed E-state index contributed by atoms with van der Waals surface area (Å²) in [7, 11) is -1.30.